The highest BCUT2D eigenvalue weighted by Gasteiger charge is 2.15. The fraction of sp³-hybridized carbons (Fsp3) is 0.231. The number of hydrogen-bond donors (Lipinski definition) is 2. The van der Waals surface area contributed by atoms with Crippen molar-refractivity contribution in [3.63, 3.8) is 0 Å². The van der Waals surface area contributed by atoms with E-state index < -0.39 is 10.0 Å². The van der Waals surface area contributed by atoms with Crippen LogP contribution in [0.4, 0.5) is 5.82 Å². The summed E-state index contributed by atoms with van der Waals surface area (Å²) in [5.74, 6) is 0.297. The first kappa shape index (κ1) is 14.4. The van der Waals surface area contributed by atoms with Crippen LogP contribution in [-0.4, -0.2) is 18.4 Å². The molecule has 0 bridgehead atoms. The molecule has 106 valence electrons. The van der Waals surface area contributed by atoms with E-state index in [1.807, 2.05) is 19.9 Å². The fourth-order valence-electron chi connectivity index (χ4n) is 1.78. The zero-order valence-electron chi connectivity index (χ0n) is 11.3. The van der Waals surface area contributed by atoms with Gasteiger partial charge in [0.15, 0.2) is 0 Å². The first-order valence-corrected chi connectivity index (χ1v) is 7.52. The lowest BCUT2D eigenvalue weighted by Gasteiger charge is -2.09. The third-order valence-electron chi connectivity index (χ3n) is 2.65. The molecule has 0 radical (unpaired) electrons. The number of aromatic nitrogens is 2. The highest BCUT2D eigenvalue weighted by molar-refractivity contribution is 7.92. The van der Waals surface area contributed by atoms with Crippen LogP contribution >= 0.6 is 0 Å². The Labute approximate surface area is 118 Å². The first-order valence-electron chi connectivity index (χ1n) is 6.04. The summed E-state index contributed by atoms with van der Waals surface area (Å²) >= 11 is 0. The van der Waals surface area contributed by atoms with E-state index in [9.17, 15) is 8.42 Å². The highest BCUT2D eigenvalue weighted by Crippen LogP contribution is 2.15. The van der Waals surface area contributed by atoms with Gasteiger partial charge >= 0.3 is 0 Å². The Hall–Kier alpha value is -1.99. The lowest BCUT2D eigenvalue weighted by molar-refractivity contribution is 0.600. The van der Waals surface area contributed by atoms with Gasteiger partial charge in [0.2, 0.25) is 0 Å². The number of nitrogens with two attached hydrogens (primary N) is 1. The molecule has 0 unspecified atom stereocenters. The third kappa shape index (κ3) is 3.31. The molecule has 0 aliphatic carbocycles. The third-order valence-corrected chi connectivity index (χ3v) is 3.99. The van der Waals surface area contributed by atoms with Crippen molar-refractivity contribution in [1.82, 2.24) is 9.97 Å². The van der Waals surface area contributed by atoms with Crippen LogP contribution in [0.1, 0.15) is 17.0 Å². The molecule has 0 aliphatic heterocycles. The number of aryl methyl sites for hydroxylation is 2. The molecule has 2 heterocycles. The minimum Gasteiger partial charge on any atom is -0.325 e. The summed E-state index contributed by atoms with van der Waals surface area (Å²) in [4.78, 5) is 8.20. The number of anilines is 1. The molecular formula is C13H16N4O2S. The van der Waals surface area contributed by atoms with E-state index in [0.717, 1.165) is 11.3 Å². The van der Waals surface area contributed by atoms with Gasteiger partial charge in [-0.2, -0.15) is 0 Å². The molecule has 0 saturated carbocycles. The van der Waals surface area contributed by atoms with Crippen LogP contribution in [0.5, 0.6) is 0 Å². The highest BCUT2D eigenvalue weighted by atomic mass is 32.2. The maximum atomic E-state index is 12.2. The van der Waals surface area contributed by atoms with Gasteiger partial charge in [0.05, 0.1) is 5.69 Å². The minimum absolute atomic E-state index is 0.0793. The molecule has 0 saturated heterocycles. The van der Waals surface area contributed by atoms with Gasteiger partial charge in [-0.25, -0.2) is 13.4 Å². The Morgan fingerprint density at radius 3 is 2.55 bits per heavy atom. The summed E-state index contributed by atoms with van der Waals surface area (Å²) in [6.07, 6.45) is 1.28. The second kappa shape index (κ2) is 5.56. The predicted molar refractivity (Wildman–Crippen MR) is 76.6 cm³/mol. The van der Waals surface area contributed by atoms with Crippen molar-refractivity contribution in [2.24, 2.45) is 5.73 Å². The van der Waals surface area contributed by atoms with Crippen molar-refractivity contribution >= 4 is 15.8 Å². The van der Waals surface area contributed by atoms with Crippen molar-refractivity contribution in [1.29, 1.82) is 0 Å². The van der Waals surface area contributed by atoms with Crippen molar-refractivity contribution in [3.8, 4) is 0 Å². The van der Waals surface area contributed by atoms with Gasteiger partial charge < -0.3 is 5.73 Å². The smallest absolute Gasteiger partial charge is 0.264 e. The Balaban J connectivity index is 2.30. The van der Waals surface area contributed by atoms with Crippen molar-refractivity contribution in [2.75, 3.05) is 4.72 Å². The molecule has 0 atom stereocenters. The molecule has 2 aromatic heterocycles. The van der Waals surface area contributed by atoms with Gasteiger partial charge in [0.25, 0.3) is 10.0 Å². The van der Waals surface area contributed by atoms with E-state index in [2.05, 4.69) is 14.7 Å². The molecule has 0 spiro atoms. The van der Waals surface area contributed by atoms with Crippen LogP contribution in [0.25, 0.3) is 0 Å². The Morgan fingerprint density at radius 1 is 1.25 bits per heavy atom. The number of pyridine rings is 2. The normalized spacial score (nSPS) is 11.3. The van der Waals surface area contributed by atoms with Gasteiger partial charge in [0.1, 0.15) is 10.7 Å². The van der Waals surface area contributed by atoms with Crippen LogP contribution in [0.15, 0.2) is 35.4 Å². The largest absolute Gasteiger partial charge is 0.325 e. The second-order valence-electron chi connectivity index (χ2n) is 4.47. The maximum Gasteiger partial charge on any atom is 0.264 e. The number of nitrogens with one attached hydrogen (secondary N) is 1. The summed E-state index contributed by atoms with van der Waals surface area (Å²) in [7, 11) is -3.69. The van der Waals surface area contributed by atoms with Crippen molar-refractivity contribution < 1.29 is 8.42 Å². The van der Waals surface area contributed by atoms with Crippen LogP contribution in [-0.2, 0) is 16.6 Å². The molecular weight excluding hydrogens is 276 g/mol. The number of nitrogens with zero attached hydrogens (tertiary/aromatic N) is 2. The van der Waals surface area contributed by atoms with Crippen molar-refractivity contribution in [3.05, 3.63) is 47.4 Å². The van der Waals surface area contributed by atoms with Crippen molar-refractivity contribution in [2.45, 2.75) is 25.3 Å². The summed E-state index contributed by atoms with van der Waals surface area (Å²) in [5.41, 5.74) is 7.75. The zero-order valence-corrected chi connectivity index (χ0v) is 12.1. The predicted octanol–water partition coefficient (Wildman–Crippen LogP) is 1.35. The molecule has 2 aromatic rings. The number of rotatable bonds is 4. The topological polar surface area (TPSA) is 98.0 Å². The van der Waals surface area contributed by atoms with Gasteiger partial charge in [-0.3, -0.25) is 9.71 Å². The molecule has 2 rings (SSSR count). The average Bonchev–Trinajstić information content (AvgIpc) is 2.37. The van der Waals surface area contributed by atoms with Gasteiger partial charge in [0, 0.05) is 18.4 Å². The molecule has 6 nitrogen and oxygen atoms in total. The quantitative estimate of drug-likeness (QED) is 0.886. The van der Waals surface area contributed by atoms with E-state index in [4.69, 9.17) is 5.73 Å². The van der Waals surface area contributed by atoms with Crippen LogP contribution in [0.2, 0.25) is 0 Å². The van der Waals surface area contributed by atoms with E-state index in [1.54, 1.807) is 12.1 Å². The maximum absolute atomic E-state index is 12.2. The van der Waals surface area contributed by atoms with Crippen LogP contribution in [0, 0.1) is 13.8 Å². The molecule has 0 aliphatic rings. The van der Waals surface area contributed by atoms with Crippen LogP contribution < -0.4 is 10.5 Å². The summed E-state index contributed by atoms with van der Waals surface area (Å²) in [6.45, 7) is 3.96. The summed E-state index contributed by atoms with van der Waals surface area (Å²) < 4.78 is 26.8. The first-order chi connectivity index (χ1) is 9.40. The molecule has 0 fully saturated rings. The SMILES string of the molecule is Cc1cc(C)nc(NS(=O)(=O)c2ccc(CN)nc2)c1. The molecule has 7 heteroatoms. The summed E-state index contributed by atoms with van der Waals surface area (Å²) in [5, 5.41) is 0. The minimum atomic E-state index is -3.69. The standard InChI is InChI=1S/C13H16N4O2S/c1-9-5-10(2)16-13(6-9)17-20(18,19)12-4-3-11(7-14)15-8-12/h3-6,8H,7,14H2,1-2H3,(H,16,17). The van der Waals surface area contributed by atoms with Gasteiger partial charge in [-0.15, -0.1) is 0 Å². The molecule has 20 heavy (non-hydrogen) atoms. The Kier molecular flexibility index (Phi) is 4.01. The fourth-order valence-corrected chi connectivity index (χ4v) is 2.72. The summed E-state index contributed by atoms with van der Waals surface area (Å²) in [6, 6.07) is 6.60. The Bertz CT molecular complexity index is 691. The lowest BCUT2D eigenvalue weighted by Crippen LogP contribution is -2.15. The number of hydrogen-bond acceptors (Lipinski definition) is 5. The molecule has 0 aromatic carbocycles. The lowest BCUT2D eigenvalue weighted by atomic mass is 10.2. The van der Waals surface area contributed by atoms with E-state index in [0.29, 0.717) is 11.5 Å². The van der Waals surface area contributed by atoms with Crippen LogP contribution in [0.3, 0.4) is 0 Å². The van der Waals surface area contributed by atoms with E-state index in [1.165, 1.54) is 12.3 Å². The zero-order chi connectivity index (χ0) is 14.8. The Morgan fingerprint density at radius 2 is 2.00 bits per heavy atom. The van der Waals surface area contributed by atoms with Gasteiger partial charge in [-0.1, -0.05) is 0 Å². The molecule has 0 amide bonds. The van der Waals surface area contributed by atoms with E-state index in [-0.39, 0.29) is 11.4 Å². The monoisotopic (exact) mass is 292 g/mol. The average molecular weight is 292 g/mol. The second-order valence-corrected chi connectivity index (χ2v) is 6.15. The van der Waals surface area contributed by atoms with Gasteiger partial charge in [-0.05, 0) is 43.7 Å². The number of sulfonamides is 1. The molecule has 3 N–H and O–H groups in total. The van der Waals surface area contributed by atoms with E-state index >= 15 is 0 Å².